The number of anilines is 1. The van der Waals surface area contributed by atoms with E-state index in [0.717, 1.165) is 28.8 Å². The molecule has 1 aromatic rings. The Balaban J connectivity index is 1.87. The highest BCUT2D eigenvalue weighted by molar-refractivity contribution is 9.10. The zero-order valence-electron chi connectivity index (χ0n) is 10.3. The predicted molar refractivity (Wildman–Crippen MR) is 84.2 cm³/mol. The van der Waals surface area contributed by atoms with Crippen LogP contribution >= 0.6 is 28.1 Å². The maximum atomic E-state index is 5.60. The molecular formula is C13H18BrN3S. The van der Waals surface area contributed by atoms with Crippen LogP contribution in [0.3, 0.4) is 0 Å². The highest BCUT2D eigenvalue weighted by atomic mass is 79.9. The van der Waals surface area contributed by atoms with Gasteiger partial charge in [0, 0.05) is 28.8 Å². The van der Waals surface area contributed by atoms with E-state index in [4.69, 9.17) is 18.0 Å². The molecule has 0 aliphatic carbocycles. The first kappa shape index (κ1) is 13.8. The highest BCUT2D eigenvalue weighted by Gasteiger charge is 2.10. The number of benzene rings is 1. The fourth-order valence-corrected chi connectivity index (χ4v) is 2.81. The van der Waals surface area contributed by atoms with Crippen LogP contribution in [-0.4, -0.2) is 36.1 Å². The lowest BCUT2D eigenvalue weighted by Crippen LogP contribution is -2.26. The van der Waals surface area contributed by atoms with Crippen LogP contribution in [0.15, 0.2) is 22.7 Å². The standard InChI is InChI=1S/C13H18BrN3S/c14-11-9-10(13(15)18)3-4-12(11)16-5-8-17-6-1-2-7-17/h3-4,9,16H,1-2,5-8H2,(H2,15,18). The van der Waals surface area contributed by atoms with Gasteiger partial charge in [-0.25, -0.2) is 0 Å². The summed E-state index contributed by atoms with van der Waals surface area (Å²) < 4.78 is 1.01. The molecule has 0 amide bonds. The van der Waals surface area contributed by atoms with E-state index in [2.05, 4.69) is 26.1 Å². The summed E-state index contributed by atoms with van der Waals surface area (Å²) in [6.07, 6.45) is 2.68. The number of nitrogens with one attached hydrogen (secondary N) is 1. The Kier molecular flexibility index (Phi) is 4.97. The summed E-state index contributed by atoms with van der Waals surface area (Å²) in [6.45, 7) is 4.54. The summed E-state index contributed by atoms with van der Waals surface area (Å²) in [7, 11) is 0. The summed E-state index contributed by atoms with van der Waals surface area (Å²) in [5, 5.41) is 3.43. The lowest BCUT2D eigenvalue weighted by molar-refractivity contribution is 0.352. The molecule has 0 atom stereocenters. The third kappa shape index (κ3) is 3.67. The first-order chi connectivity index (χ1) is 8.66. The number of nitrogens with two attached hydrogens (primary N) is 1. The molecule has 1 aliphatic rings. The molecule has 1 aromatic carbocycles. The maximum Gasteiger partial charge on any atom is 0.104 e. The Labute approximate surface area is 122 Å². The van der Waals surface area contributed by atoms with E-state index in [-0.39, 0.29) is 0 Å². The highest BCUT2D eigenvalue weighted by Crippen LogP contribution is 2.23. The summed E-state index contributed by atoms with van der Waals surface area (Å²) in [4.78, 5) is 2.92. The van der Waals surface area contributed by atoms with Gasteiger partial charge < -0.3 is 16.0 Å². The van der Waals surface area contributed by atoms with Crippen LogP contribution in [0.4, 0.5) is 5.69 Å². The Hall–Kier alpha value is -0.650. The lowest BCUT2D eigenvalue weighted by Gasteiger charge is -2.16. The molecule has 0 unspecified atom stereocenters. The molecular weight excluding hydrogens is 310 g/mol. The zero-order chi connectivity index (χ0) is 13.0. The molecule has 1 heterocycles. The van der Waals surface area contributed by atoms with E-state index >= 15 is 0 Å². The first-order valence-corrected chi connectivity index (χ1v) is 7.42. The Bertz CT molecular complexity index is 430. The van der Waals surface area contributed by atoms with E-state index in [1.807, 2.05) is 18.2 Å². The van der Waals surface area contributed by atoms with Gasteiger partial charge in [-0.3, -0.25) is 0 Å². The topological polar surface area (TPSA) is 41.3 Å². The van der Waals surface area contributed by atoms with Crippen molar-refractivity contribution >= 4 is 38.8 Å². The molecule has 0 bridgehead atoms. The molecule has 0 aromatic heterocycles. The molecule has 0 spiro atoms. The second kappa shape index (κ2) is 6.50. The molecule has 0 radical (unpaired) electrons. The van der Waals surface area contributed by atoms with Gasteiger partial charge in [0.1, 0.15) is 4.99 Å². The SMILES string of the molecule is NC(=S)c1ccc(NCCN2CCCC2)c(Br)c1. The second-order valence-corrected chi connectivity index (χ2v) is 5.83. The van der Waals surface area contributed by atoms with Crippen LogP contribution in [0, 0.1) is 0 Å². The molecule has 3 N–H and O–H groups in total. The molecule has 98 valence electrons. The lowest BCUT2D eigenvalue weighted by atomic mass is 10.2. The zero-order valence-corrected chi connectivity index (χ0v) is 12.7. The van der Waals surface area contributed by atoms with Gasteiger partial charge in [0.25, 0.3) is 0 Å². The summed E-state index contributed by atoms with van der Waals surface area (Å²) >= 11 is 8.49. The Morgan fingerprint density at radius 1 is 1.39 bits per heavy atom. The van der Waals surface area contributed by atoms with Crippen molar-refractivity contribution in [3.05, 3.63) is 28.2 Å². The molecule has 18 heavy (non-hydrogen) atoms. The summed E-state index contributed by atoms with van der Waals surface area (Å²) in [5.74, 6) is 0. The fraction of sp³-hybridized carbons (Fsp3) is 0.462. The average molecular weight is 328 g/mol. The fourth-order valence-electron chi connectivity index (χ4n) is 2.17. The van der Waals surface area contributed by atoms with Crippen molar-refractivity contribution in [3.63, 3.8) is 0 Å². The molecule has 1 fully saturated rings. The van der Waals surface area contributed by atoms with Gasteiger partial charge in [-0.2, -0.15) is 0 Å². The molecule has 0 saturated carbocycles. The van der Waals surface area contributed by atoms with Crippen LogP contribution in [0.2, 0.25) is 0 Å². The number of halogens is 1. The number of rotatable bonds is 5. The third-order valence-corrected chi connectivity index (χ3v) is 4.09. The van der Waals surface area contributed by atoms with Crippen molar-refractivity contribution < 1.29 is 0 Å². The summed E-state index contributed by atoms with van der Waals surface area (Å²) in [6, 6.07) is 5.92. The summed E-state index contributed by atoms with van der Waals surface area (Å²) in [5.41, 5.74) is 7.58. The monoisotopic (exact) mass is 327 g/mol. The van der Waals surface area contributed by atoms with Gasteiger partial charge in [0.15, 0.2) is 0 Å². The quantitative estimate of drug-likeness (QED) is 0.816. The van der Waals surface area contributed by atoms with Crippen molar-refractivity contribution in [1.29, 1.82) is 0 Å². The van der Waals surface area contributed by atoms with Crippen molar-refractivity contribution in [2.75, 3.05) is 31.5 Å². The molecule has 2 rings (SSSR count). The molecule has 3 nitrogen and oxygen atoms in total. The first-order valence-electron chi connectivity index (χ1n) is 6.22. The average Bonchev–Trinajstić information content (AvgIpc) is 2.84. The van der Waals surface area contributed by atoms with E-state index < -0.39 is 0 Å². The second-order valence-electron chi connectivity index (χ2n) is 4.53. The van der Waals surface area contributed by atoms with Crippen molar-refractivity contribution in [2.45, 2.75) is 12.8 Å². The predicted octanol–water partition coefficient (Wildman–Crippen LogP) is 2.59. The Morgan fingerprint density at radius 2 is 2.11 bits per heavy atom. The van der Waals surface area contributed by atoms with Crippen molar-refractivity contribution in [1.82, 2.24) is 4.90 Å². The van der Waals surface area contributed by atoms with E-state index in [0.29, 0.717) is 4.99 Å². The van der Waals surface area contributed by atoms with E-state index in [1.54, 1.807) is 0 Å². The minimum Gasteiger partial charge on any atom is -0.389 e. The van der Waals surface area contributed by atoms with Gasteiger partial charge in [0.2, 0.25) is 0 Å². The van der Waals surface area contributed by atoms with Crippen LogP contribution in [0.5, 0.6) is 0 Å². The third-order valence-electron chi connectivity index (χ3n) is 3.20. The van der Waals surface area contributed by atoms with Gasteiger partial charge in [-0.1, -0.05) is 12.2 Å². The normalized spacial score (nSPS) is 15.8. The van der Waals surface area contributed by atoms with Gasteiger partial charge >= 0.3 is 0 Å². The molecule has 5 heteroatoms. The molecule has 1 saturated heterocycles. The molecule has 1 aliphatic heterocycles. The minimum atomic E-state index is 0.430. The van der Waals surface area contributed by atoms with E-state index in [1.165, 1.54) is 25.9 Å². The van der Waals surface area contributed by atoms with Crippen LogP contribution in [0.1, 0.15) is 18.4 Å². The van der Waals surface area contributed by atoms with Gasteiger partial charge in [-0.15, -0.1) is 0 Å². The number of thiocarbonyl (C=S) groups is 1. The largest absolute Gasteiger partial charge is 0.389 e. The van der Waals surface area contributed by atoms with Gasteiger partial charge in [-0.05, 0) is 60.1 Å². The minimum absolute atomic E-state index is 0.430. The number of nitrogens with zero attached hydrogens (tertiary/aromatic N) is 1. The smallest absolute Gasteiger partial charge is 0.104 e. The number of hydrogen-bond donors (Lipinski definition) is 2. The van der Waals surface area contributed by atoms with E-state index in [9.17, 15) is 0 Å². The van der Waals surface area contributed by atoms with Crippen molar-refractivity contribution in [3.8, 4) is 0 Å². The van der Waals surface area contributed by atoms with Gasteiger partial charge in [0.05, 0.1) is 0 Å². The van der Waals surface area contributed by atoms with Crippen LogP contribution in [-0.2, 0) is 0 Å². The maximum absolute atomic E-state index is 5.60. The number of hydrogen-bond acceptors (Lipinski definition) is 3. The Morgan fingerprint density at radius 3 is 2.72 bits per heavy atom. The van der Waals surface area contributed by atoms with Crippen LogP contribution < -0.4 is 11.1 Å². The van der Waals surface area contributed by atoms with Crippen LogP contribution in [0.25, 0.3) is 0 Å². The van der Waals surface area contributed by atoms with Crippen molar-refractivity contribution in [2.24, 2.45) is 5.73 Å². The number of likely N-dealkylation sites (tertiary alicyclic amines) is 1.